The minimum Gasteiger partial charge on any atom is -0.484 e. The standard InChI is InChI=1S/C27H31ClN4O3/c1-3-14-30-15-13-25-22(18-30)24(29-32(25)26-12-8-7-11-23(26)28)19-31(16-17-34-2)27(33)20-35-21-9-5-4-6-10-21/h3-12H,1,13-20H2,2H3. The number of amides is 1. The lowest BCUT2D eigenvalue weighted by atomic mass is 10.0. The minimum absolute atomic E-state index is 0.0519. The Hall–Kier alpha value is -3.13. The Bertz CT molecular complexity index is 1150. The normalized spacial score (nSPS) is 13.3. The van der Waals surface area contributed by atoms with E-state index >= 15 is 0 Å². The quantitative estimate of drug-likeness (QED) is 0.375. The van der Waals surface area contributed by atoms with Gasteiger partial charge < -0.3 is 14.4 Å². The second kappa shape index (κ2) is 12.0. The van der Waals surface area contributed by atoms with Crippen LogP contribution in [0.3, 0.4) is 0 Å². The van der Waals surface area contributed by atoms with Crippen LogP contribution in [0.1, 0.15) is 17.0 Å². The Morgan fingerprint density at radius 1 is 1.20 bits per heavy atom. The van der Waals surface area contributed by atoms with Gasteiger partial charge in [0, 0.05) is 45.3 Å². The summed E-state index contributed by atoms with van der Waals surface area (Å²) in [4.78, 5) is 17.2. The first kappa shape index (κ1) is 25.0. The highest BCUT2D eigenvalue weighted by Crippen LogP contribution is 2.29. The molecular formula is C27H31ClN4O3. The van der Waals surface area contributed by atoms with Gasteiger partial charge in [0.25, 0.3) is 5.91 Å². The summed E-state index contributed by atoms with van der Waals surface area (Å²) >= 11 is 6.53. The molecule has 7 nitrogen and oxygen atoms in total. The van der Waals surface area contributed by atoms with Crippen molar-refractivity contribution in [2.45, 2.75) is 19.5 Å². The largest absolute Gasteiger partial charge is 0.484 e. The average Bonchev–Trinajstić information content (AvgIpc) is 3.23. The molecule has 0 saturated heterocycles. The second-order valence-corrected chi connectivity index (χ2v) is 8.83. The Morgan fingerprint density at radius 2 is 1.97 bits per heavy atom. The number of carbonyl (C=O) groups excluding carboxylic acids is 1. The van der Waals surface area contributed by atoms with Gasteiger partial charge >= 0.3 is 0 Å². The van der Waals surface area contributed by atoms with Crippen molar-refractivity contribution in [3.8, 4) is 11.4 Å². The van der Waals surface area contributed by atoms with Gasteiger partial charge in [-0.3, -0.25) is 9.69 Å². The third-order valence-corrected chi connectivity index (χ3v) is 6.37. The summed E-state index contributed by atoms with van der Waals surface area (Å²) in [6.07, 6.45) is 2.75. The maximum Gasteiger partial charge on any atom is 0.260 e. The molecule has 35 heavy (non-hydrogen) atoms. The van der Waals surface area contributed by atoms with Crippen LogP contribution < -0.4 is 4.74 Å². The number of halogens is 1. The zero-order valence-corrected chi connectivity index (χ0v) is 20.8. The first-order valence-corrected chi connectivity index (χ1v) is 12.1. The predicted molar refractivity (Wildman–Crippen MR) is 137 cm³/mol. The molecule has 0 fully saturated rings. The number of nitrogens with zero attached hydrogens (tertiary/aromatic N) is 4. The Labute approximate surface area is 211 Å². The molecule has 1 aliphatic rings. The van der Waals surface area contributed by atoms with Gasteiger partial charge in [0.15, 0.2) is 6.61 Å². The molecule has 4 rings (SSSR count). The smallest absolute Gasteiger partial charge is 0.260 e. The van der Waals surface area contributed by atoms with Crippen molar-refractivity contribution < 1.29 is 14.3 Å². The monoisotopic (exact) mass is 494 g/mol. The van der Waals surface area contributed by atoms with Gasteiger partial charge in [-0.1, -0.05) is 48.0 Å². The van der Waals surface area contributed by atoms with Crippen molar-refractivity contribution in [2.24, 2.45) is 0 Å². The third-order valence-electron chi connectivity index (χ3n) is 6.05. The van der Waals surface area contributed by atoms with Crippen LogP contribution in [-0.2, 0) is 29.0 Å². The van der Waals surface area contributed by atoms with E-state index in [4.69, 9.17) is 26.2 Å². The summed E-state index contributed by atoms with van der Waals surface area (Å²) in [5.74, 6) is 0.540. The third kappa shape index (κ3) is 6.11. The molecule has 1 amide bonds. The molecule has 0 radical (unpaired) electrons. The van der Waals surface area contributed by atoms with Gasteiger partial charge in [-0.25, -0.2) is 4.68 Å². The maximum absolute atomic E-state index is 13.2. The van der Waals surface area contributed by atoms with Crippen LogP contribution >= 0.6 is 11.6 Å². The van der Waals surface area contributed by atoms with E-state index in [0.29, 0.717) is 30.5 Å². The number of benzene rings is 2. The van der Waals surface area contributed by atoms with Gasteiger partial charge in [0.1, 0.15) is 5.75 Å². The van der Waals surface area contributed by atoms with Crippen molar-refractivity contribution in [2.75, 3.05) is 40.0 Å². The van der Waals surface area contributed by atoms with Crippen LogP contribution in [0.5, 0.6) is 5.75 Å². The van der Waals surface area contributed by atoms with Crippen LogP contribution in [0.2, 0.25) is 5.02 Å². The summed E-state index contributed by atoms with van der Waals surface area (Å²) < 4.78 is 12.9. The summed E-state index contributed by atoms with van der Waals surface area (Å²) in [5, 5.41) is 5.61. The second-order valence-electron chi connectivity index (χ2n) is 8.42. The Balaban J connectivity index is 1.62. The highest BCUT2D eigenvalue weighted by atomic mass is 35.5. The van der Waals surface area contributed by atoms with Gasteiger partial charge in [-0.2, -0.15) is 5.10 Å². The Morgan fingerprint density at radius 3 is 2.71 bits per heavy atom. The molecule has 0 aliphatic carbocycles. The fourth-order valence-electron chi connectivity index (χ4n) is 4.26. The van der Waals surface area contributed by atoms with Crippen LogP contribution in [0.25, 0.3) is 5.69 Å². The van der Waals surface area contributed by atoms with Crippen LogP contribution in [-0.4, -0.2) is 65.4 Å². The van der Waals surface area contributed by atoms with E-state index in [1.165, 1.54) is 0 Å². The molecule has 0 saturated carbocycles. The number of aromatic nitrogens is 2. The first-order chi connectivity index (χ1) is 17.1. The zero-order chi connectivity index (χ0) is 24.6. The summed E-state index contributed by atoms with van der Waals surface area (Å²) in [6, 6.07) is 17.0. The molecule has 8 heteroatoms. The van der Waals surface area contributed by atoms with Crippen molar-refractivity contribution in [1.82, 2.24) is 19.6 Å². The molecule has 0 N–H and O–H groups in total. The highest BCUT2D eigenvalue weighted by Gasteiger charge is 2.27. The molecule has 0 unspecified atom stereocenters. The number of hydrogen-bond acceptors (Lipinski definition) is 5. The number of methoxy groups -OCH3 is 1. The lowest BCUT2D eigenvalue weighted by Crippen LogP contribution is -2.37. The number of rotatable bonds is 11. The minimum atomic E-state index is -0.120. The van der Waals surface area contributed by atoms with E-state index in [1.807, 2.05) is 65.4 Å². The molecule has 0 bridgehead atoms. The number of hydrogen-bond donors (Lipinski definition) is 0. The topological polar surface area (TPSA) is 59.8 Å². The fraction of sp³-hybridized carbons (Fsp3) is 0.333. The van der Waals surface area contributed by atoms with E-state index in [9.17, 15) is 4.79 Å². The van der Waals surface area contributed by atoms with E-state index in [2.05, 4.69) is 11.5 Å². The fourth-order valence-corrected chi connectivity index (χ4v) is 4.47. The summed E-state index contributed by atoms with van der Waals surface area (Å²) in [6.45, 7) is 7.52. The SMILES string of the molecule is C=CCN1CCc2c(c(CN(CCOC)C(=O)COc3ccccc3)nn2-c2ccccc2Cl)C1. The zero-order valence-electron chi connectivity index (χ0n) is 20.0. The number of carbonyl (C=O) groups is 1. The van der Waals surface area contributed by atoms with Crippen molar-refractivity contribution in [3.63, 3.8) is 0 Å². The molecule has 3 aromatic rings. The van der Waals surface area contributed by atoms with Gasteiger partial charge in [0.2, 0.25) is 0 Å². The number of fused-ring (bicyclic) bond motifs is 1. The van der Waals surface area contributed by atoms with Crippen LogP contribution in [0.4, 0.5) is 0 Å². The molecule has 0 spiro atoms. The lowest BCUT2D eigenvalue weighted by Gasteiger charge is -2.27. The van der Waals surface area contributed by atoms with Gasteiger partial charge in [0.05, 0.1) is 35.2 Å². The lowest BCUT2D eigenvalue weighted by molar-refractivity contribution is -0.134. The maximum atomic E-state index is 13.2. The van der Waals surface area contributed by atoms with Crippen molar-refractivity contribution in [3.05, 3.63) is 89.2 Å². The molecular weight excluding hydrogens is 464 g/mol. The van der Waals surface area contributed by atoms with Crippen molar-refractivity contribution >= 4 is 17.5 Å². The molecule has 0 atom stereocenters. The van der Waals surface area contributed by atoms with Crippen LogP contribution in [0.15, 0.2) is 67.3 Å². The van der Waals surface area contributed by atoms with Gasteiger partial charge in [-0.15, -0.1) is 6.58 Å². The van der Waals surface area contributed by atoms with E-state index in [1.54, 1.807) is 12.0 Å². The summed E-state index contributed by atoms with van der Waals surface area (Å²) in [7, 11) is 1.63. The first-order valence-electron chi connectivity index (χ1n) is 11.7. The molecule has 184 valence electrons. The van der Waals surface area contributed by atoms with E-state index in [0.717, 1.165) is 48.7 Å². The molecule has 2 heterocycles. The van der Waals surface area contributed by atoms with E-state index < -0.39 is 0 Å². The van der Waals surface area contributed by atoms with Crippen molar-refractivity contribution in [1.29, 1.82) is 0 Å². The summed E-state index contributed by atoms with van der Waals surface area (Å²) in [5.41, 5.74) is 3.97. The van der Waals surface area contributed by atoms with Crippen LogP contribution in [0, 0.1) is 0 Å². The number of para-hydroxylation sites is 2. The number of ether oxygens (including phenoxy) is 2. The molecule has 1 aliphatic heterocycles. The highest BCUT2D eigenvalue weighted by molar-refractivity contribution is 6.32. The van der Waals surface area contributed by atoms with E-state index in [-0.39, 0.29) is 12.5 Å². The Kier molecular flexibility index (Phi) is 8.58. The average molecular weight is 495 g/mol. The molecule has 2 aromatic carbocycles. The predicted octanol–water partition coefficient (Wildman–Crippen LogP) is 4.12. The molecule has 1 aromatic heterocycles. The van der Waals surface area contributed by atoms with Gasteiger partial charge in [-0.05, 0) is 24.3 Å².